The molecular weight excluding hydrogens is 328 g/mol. The van der Waals surface area contributed by atoms with Crippen LogP contribution in [0.15, 0.2) is 18.2 Å². The summed E-state index contributed by atoms with van der Waals surface area (Å²) in [5, 5.41) is 3.17. The second-order valence-corrected chi connectivity index (χ2v) is 7.85. The van der Waals surface area contributed by atoms with Crippen LogP contribution in [0.25, 0.3) is 0 Å². The van der Waals surface area contributed by atoms with Gasteiger partial charge in [0.05, 0.1) is 5.69 Å². The summed E-state index contributed by atoms with van der Waals surface area (Å²) in [7, 11) is 0. The molecule has 0 spiro atoms. The number of fused-ring (bicyclic) bond motifs is 1. The first-order valence-electron chi connectivity index (χ1n) is 9.78. The average molecular weight is 358 g/mol. The Kier molecular flexibility index (Phi) is 5.54. The lowest BCUT2D eigenvalue weighted by atomic mass is 9.78. The van der Waals surface area contributed by atoms with E-state index in [2.05, 4.69) is 19.2 Å². The number of carbonyl (C=O) groups excluding carboxylic acids is 2. The number of hydrogen-bond acceptors (Lipinski definition) is 3. The zero-order valence-electron chi connectivity index (χ0n) is 16.2. The van der Waals surface area contributed by atoms with Crippen molar-refractivity contribution in [2.75, 3.05) is 11.4 Å². The van der Waals surface area contributed by atoms with Gasteiger partial charge in [-0.05, 0) is 49.3 Å². The molecule has 0 radical (unpaired) electrons. The summed E-state index contributed by atoms with van der Waals surface area (Å²) in [6.45, 7) is 8.40. The van der Waals surface area contributed by atoms with Crippen molar-refractivity contribution >= 4 is 17.5 Å². The molecule has 1 N–H and O–H groups in total. The molecule has 0 bridgehead atoms. The maximum Gasteiger partial charge on any atom is 0.268 e. The number of amides is 2. The minimum absolute atomic E-state index is 0.0484. The molecule has 1 aliphatic carbocycles. The monoisotopic (exact) mass is 358 g/mol. The fourth-order valence-corrected chi connectivity index (χ4v) is 4.04. The van der Waals surface area contributed by atoms with Crippen LogP contribution in [0.1, 0.15) is 52.0 Å². The Hall–Kier alpha value is -2.04. The Morgan fingerprint density at radius 2 is 2.08 bits per heavy atom. The smallest absolute Gasteiger partial charge is 0.268 e. The van der Waals surface area contributed by atoms with Crippen molar-refractivity contribution in [3.05, 3.63) is 23.8 Å². The number of ether oxygens (including phenoxy) is 1. The SMILES string of the molecule is CC[C@@H]1Oc2ccc(C)cc2N(CC(=O)N[C@@H]2CCC[C@H](C)[C@@H]2C)C1=O. The van der Waals surface area contributed by atoms with Crippen molar-refractivity contribution < 1.29 is 14.3 Å². The van der Waals surface area contributed by atoms with Crippen LogP contribution in [-0.4, -0.2) is 30.5 Å². The maximum atomic E-state index is 12.8. The first-order chi connectivity index (χ1) is 12.4. The third kappa shape index (κ3) is 3.71. The molecule has 142 valence electrons. The molecule has 1 aromatic carbocycles. The lowest BCUT2D eigenvalue weighted by Crippen LogP contribution is -2.52. The minimum atomic E-state index is -0.522. The van der Waals surface area contributed by atoms with Crippen LogP contribution >= 0.6 is 0 Å². The molecule has 1 heterocycles. The van der Waals surface area contributed by atoms with E-state index < -0.39 is 6.10 Å². The molecule has 1 saturated carbocycles. The van der Waals surface area contributed by atoms with E-state index >= 15 is 0 Å². The molecule has 0 aromatic heterocycles. The second-order valence-electron chi connectivity index (χ2n) is 7.85. The Morgan fingerprint density at radius 3 is 2.81 bits per heavy atom. The fourth-order valence-electron chi connectivity index (χ4n) is 4.04. The predicted octanol–water partition coefficient (Wildman–Crippen LogP) is 3.44. The summed E-state index contributed by atoms with van der Waals surface area (Å²) >= 11 is 0. The van der Waals surface area contributed by atoms with Gasteiger partial charge >= 0.3 is 0 Å². The highest BCUT2D eigenvalue weighted by molar-refractivity contribution is 6.03. The number of hydrogen-bond donors (Lipinski definition) is 1. The van der Waals surface area contributed by atoms with E-state index in [9.17, 15) is 9.59 Å². The van der Waals surface area contributed by atoms with Gasteiger partial charge in [-0.3, -0.25) is 14.5 Å². The van der Waals surface area contributed by atoms with Gasteiger partial charge in [0.25, 0.3) is 5.91 Å². The topological polar surface area (TPSA) is 58.6 Å². The van der Waals surface area contributed by atoms with Gasteiger partial charge in [-0.1, -0.05) is 39.7 Å². The molecule has 1 aromatic rings. The quantitative estimate of drug-likeness (QED) is 0.897. The van der Waals surface area contributed by atoms with Crippen LogP contribution in [-0.2, 0) is 9.59 Å². The van der Waals surface area contributed by atoms with Crippen LogP contribution in [0.3, 0.4) is 0 Å². The molecule has 3 rings (SSSR count). The van der Waals surface area contributed by atoms with Gasteiger partial charge in [0.2, 0.25) is 5.91 Å². The van der Waals surface area contributed by atoms with Gasteiger partial charge in [-0.2, -0.15) is 0 Å². The molecule has 1 fully saturated rings. The van der Waals surface area contributed by atoms with E-state index in [1.807, 2.05) is 32.0 Å². The number of anilines is 1. The van der Waals surface area contributed by atoms with Crippen LogP contribution in [0.2, 0.25) is 0 Å². The van der Waals surface area contributed by atoms with Crippen LogP contribution in [0, 0.1) is 18.8 Å². The molecule has 0 unspecified atom stereocenters. The van der Waals surface area contributed by atoms with E-state index in [1.54, 1.807) is 4.90 Å². The third-order valence-corrected chi connectivity index (χ3v) is 5.94. The zero-order chi connectivity index (χ0) is 18.8. The van der Waals surface area contributed by atoms with E-state index in [0.717, 1.165) is 18.4 Å². The van der Waals surface area contributed by atoms with Crippen LogP contribution < -0.4 is 15.0 Å². The standard InChI is InChI=1S/C21H30N2O3/c1-5-18-21(25)23(17-11-13(2)9-10-19(17)26-18)12-20(24)22-16-8-6-7-14(3)15(16)4/h9-11,14-16,18H,5-8,12H2,1-4H3,(H,22,24)/t14-,15-,16+,18-/m0/s1. The van der Waals surface area contributed by atoms with E-state index in [0.29, 0.717) is 29.7 Å². The summed E-state index contributed by atoms with van der Waals surface area (Å²) in [6, 6.07) is 5.96. The molecule has 5 heteroatoms. The van der Waals surface area contributed by atoms with E-state index in [1.165, 1.54) is 6.42 Å². The number of aryl methyl sites for hydroxylation is 1. The largest absolute Gasteiger partial charge is 0.478 e. The Labute approximate surface area is 156 Å². The number of nitrogens with zero attached hydrogens (tertiary/aromatic N) is 1. The van der Waals surface area contributed by atoms with Crippen LogP contribution in [0.4, 0.5) is 5.69 Å². The first-order valence-corrected chi connectivity index (χ1v) is 9.78. The summed E-state index contributed by atoms with van der Waals surface area (Å²) < 4.78 is 5.82. The minimum Gasteiger partial charge on any atom is -0.478 e. The molecule has 4 atom stereocenters. The molecular formula is C21H30N2O3. The summed E-state index contributed by atoms with van der Waals surface area (Å²) in [5.41, 5.74) is 1.73. The van der Waals surface area contributed by atoms with Crippen LogP contribution in [0.5, 0.6) is 5.75 Å². The second kappa shape index (κ2) is 7.68. The van der Waals surface area contributed by atoms with Crippen molar-refractivity contribution in [3.8, 4) is 5.75 Å². The highest BCUT2D eigenvalue weighted by Gasteiger charge is 2.35. The van der Waals surface area contributed by atoms with Gasteiger partial charge in [-0.25, -0.2) is 0 Å². The van der Waals surface area contributed by atoms with Crippen molar-refractivity contribution in [1.29, 1.82) is 0 Å². The summed E-state index contributed by atoms with van der Waals surface area (Å²) in [6.07, 6.45) is 3.45. The van der Waals surface area contributed by atoms with Crippen molar-refractivity contribution in [3.63, 3.8) is 0 Å². The molecule has 26 heavy (non-hydrogen) atoms. The van der Waals surface area contributed by atoms with Gasteiger partial charge in [0.1, 0.15) is 12.3 Å². The number of nitrogens with one attached hydrogen (secondary N) is 1. The van der Waals surface area contributed by atoms with E-state index in [-0.39, 0.29) is 24.4 Å². The van der Waals surface area contributed by atoms with Gasteiger partial charge in [-0.15, -0.1) is 0 Å². The summed E-state index contributed by atoms with van der Waals surface area (Å²) in [4.78, 5) is 27.1. The molecule has 2 amide bonds. The van der Waals surface area contributed by atoms with Gasteiger partial charge in [0.15, 0.2) is 6.10 Å². The Bertz CT molecular complexity index is 688. The van der Waals surface area contributed by atoms with Gasteiger partial charge < -0.3 is 10.1 Å². The summed E-state index contributed by atoms with van der Waals surface area (Å²) in [5.74, 6) is 1.53. The average Bonchev–Trinajstić information content (AvgIpc) is 2.61. The lowest BCUT2D eigenvalue weighted by molar-refractivity contribution is -0.129. The Balaban J connectivity index is 1.76. The van der Waals surface area contributed by atoms with Crippen molar-refractivity contribution in [1.82, 2.24) is 5.32 Å². The Morgan fingerprint density at radius 1 is 1.31 bits per heavy atom. The fraction of sp³-hybridized carbons (Fsp3) is 0.619. The number of benzene rings is 1. The highest BCUT2D eigenvalue weighted by atomic mass is 16.5. The molecule has 0 saturated heterocycles. The highest BCUT2D eigenvalue weighted by Crippen LogP contribution is 2.35. The maximum absolute atomic E-state index is 12.8. The number of carbonyl (C=O) groups is 2. The molecule has 2 aliphatic rings. The normalized spacial score (nSPS) is 28.3. The van der Waals surface area contributed by atoms with E-state index in [4.69, 9.17) is 4.74 Å². The lowest BCUT2D eigenvalue weighted by Gasteiger charge is -2.36. The van der Waals surface area contributed by atoms with Crippen molar-refractivity contribution in [2.24, 2.45) is 11.8 Å². The molecule has 1 aliphatic heterocycles. The van der Waals surface area contributed by atoms with Gasteiger partial charge in [0, 0.05) is 6.04 Å². The molecule has 5 nitrogen and oxygen atoms in total. The first kappa shape index (κ1) is 18.7. The zero-order valence-corrected chi connectivity index (χ0v) is 16.2. The predicted molar refractivity (Wildman–Crippen MR) is 102 cm³/mol. The van der Waals surface area contributed by atoms with Crippen molar-refractivity contribution in [2.45, 2.75) is 65.5 Å². The third-order valence-electron chi connectivity index (χ3n) is 5.94. The number of rotatable bonds is 4.